The molecule has 0 radical (unpaired) electrons. The number of aromatic nitrogens is 1. The van der Waals surface area contributed by atoms with E-state index in [-0.39, 0.29) is 6.54 Å². The zero-order valence-electron chi connectivity index (χ0n) is 7.95. The normalized spacial score (nSPS) is 10.3. The summed E-state index contributed by atoms with van der Waals surface area (Å²) in [7, 11) is 0. The van der Waals surface area contributed by atoms with Gasteiger partial charge in [-0.25, -0.2) is 8.78 Å². The summed E-state index contributed by atoms with van der Waals surface area (Å²) in [6.45, 7) is 0.248. The van der Waals surface area contributed by atoms with Crippen LogP contribution in [-0.2, 0) is 6.54 Å². The second kappa shape index (κ2) is 4.13. The first-order chi connectivity index (χ1) is 7.25. The van der Waals surface area contributed by atoms with Gasteiger partial charge < -0.3 is 5.43 Å². The van der Waals surface area contributed by atoms with Gasteiger partial charge in [0.2, 0.25) is 0 Å². The van der Waals surface area contributed by atoms with Crippen molar-refractivity contribution in [2.45, 2.75) is 6.54 Å². The summed E-state index contributed by atoms with van der Waals surface area (Å²) in [6, 6.07) is 7.10. The average Bonchev–Trinajstić information content (AvgIpc) is 2.72. The van der Waals surface area contributed by atoms with E-state index in [0.29, 0.717) is 5.56 Å². The number of benzene rings is 1. The highest BCUT2D eigenvalue weighted by molar-refractivity contribution is 5.19. The Hall–Kier alpha value is -1.84. The predicted octanol–water partition coefficient (Wildman–Crippen LogP) is 2.51. The molecule has 0 unspecified atom stereocenters. The molecule has 2 nitrogen and oxygen atoms in total. The molecule has 1 heterocycles. The van der Waals surface area contributed by atoms with Gasteiger partial charge in [-0.15, -0.1) is 0 Å². The molecule has 0 saturated heterocycles. The topological polar surface area (TPSA) is 17.0 Å². The Morgan fingerprint density at radius 2 is 1.87 bits per heavy atom. The summed E-state index contributed by atoms with van der Waals surface area (Å²) in [5.74, 6) is -0.836. The fourth-order valence-electron chi connectivity index (χ4n) is 1.30. The van der Waals surface area contributed by atoms with Crippen LogP contribution in [0.15, 0.2) is 42.7 Å². The molecule has 78 valence electrons. The standard InChI is InChI=1S/C11H10F2N2/c12-10-3-4-11(13)9(7-10)8-14-15-5-1-2-6-15/h1-7,14H,8H2. The third kappa shape index (κ3) is 2.34. The van der Waals surface area contributed by atoms with Crippen LogP contribution in [0.4, 0.5) is 8.78 Å². The average molecular weight is 208 g/mol. The van der Waals surface area contributed by atoms with E-state index in [0.717, 1.165) is 12.1 Å². The highest BCUT2D eigenvalue weighted by Crippen LogP contribution is 2.09. The number of hydrogen-bond acceptors (Lipinski definition) is 1. The number of nitrogens with zero attached hydrogens (tertiary/aromatic N) is 1. The van der Waals surface area contributed by atoms with E-state index in [1.165, 1.54) is 6.07 Å². The quantitative estimate of drug-likeness (QED) is 0.820. The van der Waals surface area contributed by atoms with Crippen LogP contribution in [0, 0.1) is 11.6 Å². The first kappa shape index (κ1) is 9.71. The molecule has 1 aromatic carbocycles. The van der Waals surface area contributed by atoms with E-state index < -0.39 is 11.6 Å². The molecular weight excluding hydrogens is 198 g/mol. The molecule has 0 aliphatic carbocycles. The van der Waals surface area contributed by atoms with Crippen molar-refractivity contribution in [1.29, 1.82) is 0 Å². The number of nitrogens with one attached hydrogen (secondary N) is 1. The van der Waals surface area contributed by atoms with Gasteiger partial charge in [0.05, 0.1) is 6.54 Å². The van der Waals surface area contributed by atoms with Gasteiger partial charge in [-0.3, -0.25) is 4.68 Å². The van der Waals surface area contributed by atoms with Crippen molar-refractivity contribution in [3.05, 3.63) is 59.9 Å². The van der Waals surface area contributed by atoms with E-state index >= 15 is 0 Å². The zero-order valence-corrected chi connectivity index (χ0v) is 7.95. The molecular formula is C11H10F2N2. The highest BCUT2D eigenvalue weighted by Gasteiger charge is 2.02. The van der Waals surface area contributed by atoms with Crippen LogP contribution in [-0.4, -0.2) is 4.68 Å². The van der Waals surface area contributed by atoms with Crippen molar-refractivity contribution in [2.75, 3.05) is 5.43 Å². The second-order valence-electron chi connectivity index (χ2n) is 3.16. The molecule has 15 heavy (non-hydrogen) atoms. The first-order valence-electron chi connectivity index (χ1n) is 4.56. The lowest BCUT2D eigenvalue weighted by Crippen LogP contribution is -2.12. The monoisotopic (exact) mass is 208 g/mol. The molecule has 0 atom stereocenters. The molecule has 0 spiro atoms. The highest BCUT2D eigenvalue weighted by atomic mass is 19.1. The molecule has 0 bridgehead atoms. The summed E-state index contributed by atoms with van der Waals surface area (Å²) in [5, 5.41) is 0. The fraction of sp³-hybridized carbons (Fsp3) is 0.0909. The first-order valence-corrected chi connectivity index (χ1v) is 4.56. The van der Waals surface area contributed by atoms with Gasteiger partial charge >= 0.3 is 0 Å². The maximum Gasteiger partial charge on any atom is 0.128 e. The van der Waals surface area contributed by atoms with E-state index in [1.54, 1.807) is 17.1 Å². The van der Waals surface area contributed by atoms with Gasteiger partial charge in [-0.2, -0.15) is 0 Å². The van der Waals surface area contributed by atoms with E-state index in [1.807, 2.05) is 12.1 Å². The molecule has 0 amide bonds. The SMILES string of the molecule is Fc1ccc(F)c(CNn2cccc2)c1. The largest absolute Gasteiger partial charge is 0.322 e. The Labute approximate surface area is 86.1 Å². The molecule has 4 heteroatoms. The lowest BCUT2D eigenvalue weighted by atomic mass is 10.2. The molecule has 1 N–H and O–H groups in total. The maximum absolute atomic E-state index is 13.2. The fourth-order valence-corrected chi connectivity index (χ4v) is 1.30. The van der Waals surface area contributed by atoms with Gasteiger partial charge in [-0.1, -0.05) is 0 Å². The Kier molecular flexibility index (Phi) is 2.67. The van der Waals surface area contributed by atoms with Crippen LogP contribution in [0.5, 0.6) is 0 Å². The van der Waals surface area contributed by atoms with Crippen LogP contribution in [0.1, 0.15) is 5.56 Å². The summed E-state index contributed by atoms with van der Waals surface area (Å²) in [4.78, 5) is 0. The summed E-state index contributed by atoms with van der Waals surface area (Å²) in [5.41, 5.74) is 3.23. The molecule has 2 aromatic rings. The van der Waals surface area contributed by atoms with Crippen LogP contribution < -0.4 is 5.43 Å². The van der Waals surface area contributed by atoms with Gasteiger partial charge in [0, 0.05) is 18.0 Å². The van der Waals surface area contributed by atoms with E-state index in [4.69, 9.17) is 0 Å². The molecule has 0 saturated carbocycles. The Morgan fingerprint density at radius 1 is 1.13 bits per heavy atom. The summed E-state index contributed by atoms with van der Waals surface area (Å²) in [6.07, 6.45) is 3.58. The van der Waals surface area contributed by atoms with Gasteiger partial charge in [-0.05, 0) is 30.3 Å². The van der Waals surface area contributed by atoms with Crippen LogP contribution in [0.3, 0.4) is 0 Å². The predicted molar refractivity (Wildman–Crippen MR) is 53.9 cm³/mol. The van der Waals surface area contributed by atoms with Crippen molar-refractivity contribution in [3.63, 3.8) is 0 Å². The third-order valence-corrected chi connectivity index (χ3v) is 2.06. The minimum Gasteiger partial charge on any atom is -0.322 e. The zero-order chi connectivity index (χ0) is 10.7. The van der Waals surface area contributed by atoms with E-state index in [2.05, 4.69) is 5.43 Å². The van der Waals surface area contributed by atoms with E-state index in [9.17, 15) is 8.78 Å². The number of halogens is 2. The number of hydrogen-bond donors (Lipinski definition) is 1. The van der Waals surface area contributed by atoms with Crippen LogP contribution in [0.25, 0.3) is 0 Å². The summed E-state index contributed by atoms with van der Waals surface area (Å²) < 4.78 is 27.7. The van der Waals surface area contributed by atoms with Crippen LogP contribution >= 0.6 is 0 Å². The summed E-state index contributed by atoms with van der Waals surface area (Å²) >= 11 is 0. The van der Waals surface area contributed by atoms with Crippen LogP contribution in [0.2, 0.25) is 0 Å². The van der Waals surface area contributed by atoms with Crippen molar-refractivity contribution in [1.82, 2.24) is 4.68 Å². The lowest BCUT2D eigenvalue weighted by molar-refractivity contribution is 0.584. The lowest BCUT2D eigenvalue weighted by Gasteiger charge is -2.08. The molecule has 0 aliphatic heterocycles. The van der Waals surface area contributed by atoms with Gasteiger partial charge in [0.25, 0.3) is 0 Å². The number of rotatable bonds is 3. The van der Waals surface area contributed by atoms with Crippen molar-refractivity contribution >= 4 is 0 Å². The minimum atomic E-state index is -0.430. The minimum absolute atomic E-state index is 0.248. The van der Waals surface area contributed by atoms with Gasteiger partial charge in [0.15, 0.2) is 0 Å². The maximum atomic E-state index is 13.2. The van der Waals surface area contributed by atoms with Gasteiger partial charge in [0.1, 0.15) is 11.6 Å². The van der Waals surface area contributed by atoms with Crippen molar-refractivity contribution in [2.24, 2.45) is 0 Å². The van der Waals surface area contributed by atoms with Crippen molar-refractivity contribution in [3.8, 4) is 0 Å². The second-order valence-corrected chi connectivity index (χ2v) is 3.16. The molecule has 0 fully saturated rings. The molecule has 1 aromatic heterocycles. The molecule has 0 aliphatic rings. The Bertz CT molecular complexity index is 438. The Balaban J connectivity index is 2.07. The smallest absolute Gasteiger partial charge is 0.128 e. The third-order valence-electron chi connectivity index (χ3n) is 2.06. The molecule has 2 rings (SSSR count). The van der Waals surface area contributed by atoms with Crippen molar-refractivity contribution < 1.29 is 8.78 Å². The Morgan fingerprint density at radius 3 is 2.60 bits per heavy atom.